The van der Waals surface area contributed by atoms with E-state index in [-0.39, 0.29) is 22.5 Å². The van der Waals surface area contributed by atoms with E-state index >= 15 is 0 Å². The van der Waals surface area contributed by atoms with Crippen LogP contribution in [-0.2, 0) is 19.6 Å². The average molecular weight is 415 g/mol. The smallest absolute Gasteiger partial charge is 0.227 e. The van der Waals surface area contributed by atoms with Gasteiger partial charge in [-0.2, -0.15) is 9.78 Å². The summed E-state index contributed by atoms with van der Waals surface area (Å²) in [5.41, 5.74) is -0.233. The number of hydrogen-bond acceptors (Lipinski definition) is 4. The molecule has 4 heteroatoms. The molecule has 174 valence electrons. The van der Waals surface area contributed by atoms with Gasteiger partial charge < -0.3 is 0 Å². The highest BCUT2D eigenvalue weighted by atomic mass is 17.3. The third-order valence-electron chi connectivity index (χ3n) is 7.47. The molecule has 0 spiro atoms. The molecule has 29 heavy (non-hydrogen) atoms. The molecule has 0 amide bonds. The first-order valence-corrected chi connectivity index (χ1v) is 12.3. The molecular formula is C25H50O4. The number of hydrogen-bond donors (Lipinski definition) is 0. The van der Waals surface area contributed by atoms with E-state index in [4.69, 9.17) is 19.6 Å². The van der Waals surface area contributed by atoms with Crippen molar-refractivity contribution in [2.24, 2.45) is 11.3 Å². The lowest BCUT2D eigenvalue weighted by Gasteiger charge is -2.48. The predicted octanol–water partition coefficient (Wildman–Crippen LogP) is 8.14. The zero-order valence-corrected chi connectivity index (χ0v) is 21.0. The molecule has 0 N–H and O–H groups in total. The SMILES string of the molecule is CCCC(CC)(CC)OOC1(OOC(CC)(CC)CCC)CCC(C)(C)CC1C. The predicted molar refractivity (Wildman–Crippen MR) is 120 cm³/mol. The summed E-state index contributed by atoms with van der Waals surface area (Å²) >= 11 is 0. The molecule has 0 saturated heterocycles. The number of rotatable bonds is 14. The molecule has 1 aliphatic rings. The highest BCUT2D eigenvalue weighted by Gasteiger charge is 2.51. The summed E-state index contributed by atoms with van der Waals surface area (Å²) < 4.78 is 0. The largest absolute Gasteiger partial charge is 0.236 e. The molecule has 0 bridgehead atoms. The molecule has 1 fully saturated rings. The van der Waals surface area contributed by atoms with Crippen molar-refractivity contribution in [3.05, 3.63) is 0 Å². The maximum absolute atomic E-state index is 6.29. The lowest BCUT2D eigenvalue weighted by atomic mass is 9.70. The maximum Gasteiger partial charge on any atom is 0.236 e. The highest BCUT2D eigenvalue weighted by molar-refractivity contribution is 4.89. The Hall–Kier alpha value is -0.160. The second-order valence-corrected chi connectivity index (χ2v) is 10.2. The first kappa shape index (κ1) is 26.9. The van der Waals surface area contributed by atoms with Gasteiger partial charge in [0.2, 0.25) is 5.79 Å². The van der Waals surface area contributed by atoms with Crippen LogP contribution in [0.5, 0.6) is 0 Å². The quantitative estimate of drug-likeness (QED) is 0.163. The van der Waals surface area contributed by atoms with Gasteiger partial charge in [-0.25, -0.2) is 9.78 Å². The lowest BCUT2D eigenvalue weighted by Crippen LogP contribution is -2.51. The van der Waals surface area contributed by atoms with Crippen molar-refractivity contribution < 1.29 is 19.6 Å². The second-order valence-electron chi connectivity index (χ2n) is 10.2. The van der Waals surface area contributed by atoms with Gasteiger partial charge in [0.25, 0.3) is 0 Å². The van der Waals surface area contributed by atoms with E-state index in [0.717, 1.165) is 70.6 Å². The van der Waals surface area contributed by atoms with Crippen LogP contribution < -0.4 is 0 Å². The summed E-state index contributed by atoms with van der Waals surface area (Å²) in [6, 6.07) is 0. The van der Waals surface area contributed by atoms with E-state index < -0.39 is 5.79 Å². The monoisotopic (exact) mass is 414 g/mol. The first-order valence-electron chi connectivity index (χ1n) is 12.3. The maximum atomic E-state index is 6.29. The van der Waals surface area contributed by atoms with Crippen LogP contribution in [0.1, 0.15) is 133 Å². The van der Waals surface area contributed by atoms with Gasteiger partial charge in [-0.3, -0.25) is 0 Å². The Morgan fingerprint density at radius 3 is 1.45 bits per heavy atom. The molecular weight excluding hydrogens is 364 g/mol. The summed E-state index contributed by atoms with van der Waals surface area (Å²) in [6.45, 7) is 20.0. The van der Waals surface area contributed by atoms with Crippen LogP contribution in [0, 0.1) is 11.3 Å². The zero-order chi connectivity index (χ0) is 22.2. The minimum atomic E-state index is -0.845. The summed E-state index contributed by atoms with van der Waals surface area (Å²) in [7, 11) is 0. The fourth-order valence-electron chi connectivity index (χ4n) is 4.86. The first-order chi connectivity index (χ1) is 13.6. The van der Waals surface area contributed by atoms with Crippen LogP contribution in [0.3, 0.4) is 0 Å². The molecule has 1 atom stereocenters. The van der Waals surface area contributed by atoms with Crippen molar-refractivity contribution in [2.75, 3.05) is 0 Å². The minimum absolute atomic E-state index is 0.187. The van der Waals surface area contributed by atoms with Gasteiger partial charge in [0.15, 0.2) is 0 Å². The molecule has 0 aromatic heterocycles. The van der Waals surface area contributed by atoms with Crippen molar-refractivity contribution in [3.63, 3.8) is 0 Å². The Labute approximate surface area is 181 Å². The van der Waals surface area contributed by atoms with Crippen LogP contribution in [0.25, 0.3) is 0 Å². The molecule has 0 aliphatic heterocycles. The topological polar surface area (TPSA) is 36.9 Å². The van der Waals surface area contributed by atoms with E-state index in [2.05, 4.69) is 62.3 Å². The normalized spacial score (nSPS) is 22.0. The molecule has 1 rings (SSSR count). The molecule has 4 nitrogen and oxygen atoms in total. The third kappa shape index (κ3) is 6.92. The lowest BCUT2D eigenvalue weighted by molar-refractivity contribution is -0.563. The van der Waals surface area contributed by atoms with Crippen molar-refractivity contribution in [1.29, 1.82) is 0 Å². The fraction of sp³-hybridized carbons (Fsp3) is 1.00. The van der Waals surface area contributed by atoms with Crippen LogP contribution in [-0.4, -0.2) is 17.0 Å². The average Bonchev–Trinajstić information content (AvgIpc) is 2.70. The Balaban J connectivity index is 3.07. The van der Waals surface area contributed by atoms with Gasteiger partial charge in [-0.1, -0.05) is 75.2 Å². The molecule has 1 saturated carbocycles. The van der Waals surface area contributed by atoms with E-state index in [1.54, 1.807) is 0 Å². The van der Waals surface area contributed by atoms with E-state index in [9.17, 15) is 0 Å². The molecule has 1 unspecified atom stereocenters. The van der Waals surface area contributed by atoms with E-state index in [1.807, 2.05) is 0 Å². The summed E-state index contributed by atoms with van der Waals surface area (Å²) in [4.78, 5) is 25.1. The fourth-order valence-corrected chi connectivity index (χ4v) is 4.86. The highest BCUT2D eigenvalue weighted by Crippen LogP contribution is 2.48. The minimum Gasteiger partial charge on any atom is -0.227 e. The zero-order valence-electron chi connectivity index (χ0n) is 21.0. The van der Waals surface area contributed by atoms with Crippen molar-refractivity contribution in [2.45, 2.75) is 150 Å². The van der Waals surface area contributed by atoms with Gasteiger partial charge in [-0.15, -0.1) is 0 Å². The Bertz CT molecular complexity index is 426. The Morgan fingerprint density at radius 1 is 0.724 bits per heavy atom. The van der Waals surface area contributed by atoms with Gasteiger partial charge in [0, 0.05) is 12.3 Å². The van der Waals surface area contributed by atoms with E-state index in [0.29, 0.717) is 0 Å². The Kier molecular flexibility index (Phi) is 10.6. The summed E-state index contributed by atoms with van der Waals surface area (Å²) in [5.74, 6) is -0.658. The molecule has 1 aliphatic carbocycles. The molecule has 0 aromatic rings. The van der Waals surface area contributed by atoms with Gasteiger partial charge in [0.05, 0.1) is 0 Å². The van der Waals surface area contributed by atoms with Crippen LogP contribution in [0.2, 0.25) is 0 Å². The molecule has 0 radical (unpaired) electrons. The third-order valence-corrected chi connectivity index (χ3v) is 7.47. The second kappa shape index (κ2) is 11.5. The standard InChI is InChI=1S/C25H50O4/c1-10-16-23(12-3,13-4)26-28-25(19-18-22(8,9)20-21(25)7)29-27-24(14-5,15-6)17-11-2/h21H,10-20H2,1-9H3. The molecule has 0 aromatic carbocycles. The summed E-state index contributed by atoms with van der Waals surface area (Å²) in [5, 5.41) is 0. The van der Waals surface area contributed by atoms with Crippen molar-refractivity contribution in [3.8, 4) is 0 Å². The summed E-state index contributed by atoms with van der Waals surface area (Å²) in [6.07, 6.45) is 10.7. The van der Waals surface area contributed by atoms with Gasteiger partial charge >= 0.3 is 0 Å². The van der Waals surface area contributed by atoms with Crippen LogP contribution in [0.15, 0.2) is 0 Å². The van der Waals surface area contributed by atoms with E-state index in [1.165, 1.54) is 0 Å². The van der Waals surface area contributed by atoms with Crippen LogP contribution in [0.4, 0.5) is 0 Å². The van der Waals surface area contributed by atoms with Crippen LogP contribution >= 0.6 is 0 Å². The van der Waals surface area contributed by atoms with Gasteiger partial charge in [-0.05, 0) is 56.8 Å². The van der Waals surface area contributed by atoms with Crippen molar-refractivity contribution in [1.82, 2.24) is 0 Å². The Morgan fingerprint density at radius 2 is 1.14 bits per heavy atom. The molecule has 0 heterocycles. The van der Waals surface area contributed by atoms with Crippen molar-refractivity contribution >= 4 is 0 Å². The van der Waals surface area contributed by atoms with Gasteiger partial charge in [0.1, 0.15) is 11.2 Å².